The summed E-state index contributed by atoms with van der Waals surface area (Å²) in [4.78, 5) is 2.34. The molecule has 0 saturated heterocycles. The molecule has 282 valence electrons. The van der Waals surface area contributed by atoms with Crippen LogP contribution in [0.15, 0.2) is 243 Å². The van der Waals surface area contributed by atoms with Crippen molar-refractivity contribution in [2.75, 3.05) is 4.90 Å². The molecule has 60 heavy (non-hydrogen) atoms. The van der Waals surface area contributed by atoms with Crippen molar-refractivity contribution in [1.29, 1.82) is 0 Å². The molecule has 0 atom stereocenters. The Morgan fingerprint density at radius 3 is 1.35 bits per heavy atom. The Balaban J connectivity index is 1.04. The predicted octanol–water partition coefficient (Wildman–Crippen LogP) is 16.1. The molecular formula is C58H40N2. The van der Waals surface area contributed by atoms with E-state index in [1.807, 2.05) is 0 Å². The minimum absolute atomic E-state index is 1.09. The highest BCUT2D eigenvalue weighted by Gasteiger charge is 2.20. The lowest BCUT2D eigenvalue weighted by atomic mass is 9.91. The van der Waals surface area contributed by atoms with E-state index >= 15 is 0 Å². The van der Waals surface area contributed by atoms with Crippen LogP contribution in [-0.4, -0.2) is 4.57 Å². The van der Waals surface area contributed by atoms with Crippen molar-refractivity contribution in [1.82, 2.24) is 4.57 Å². The number of fused-ring (bicyclic) bond motifs is 4. The van der Waals surface area contributed by atoms with Crippen LogP contribution in [0.25, 0.3) is 82.8 Å². The first kappa shape index (κ1) is 35.2. The van der Waals surface area contributed by atoms with Crippen LogP contribution >= 0.6 is 0 Å². The number of nitrogens with zero attached hydrogens (tertiary/aromatic N) is 2. The SMILES string of the molecule is c1ccc(-c2ccc(-c3c(-c4ccc(N(c5ccccc5)c5ccc(-c6cccc7ccccc67)cc5)cc4)cccc3-n3c4ccccc4c4ccccc43)cc2)cc1. The van der Waals surface area contributed by atoms with Crippen molar-refractivity contribution in [2.45, 2.75) is 0 Å². The predicted molar refractivity (Wildman–Crippen MR) is 255 cm³/mol. The zero-order valence-corrected chi connectivity index (χ0v) is 33.0. The maximum atomic E-state index is 2.45. The monoisotopic (exact) mass is 764 g/mol. The quantitative estimate of drug-likeness (QED) is 0.150. The molecule has 0 radical (unpaired) electrons. The van der Waals surface area contributed by atoms with Gasteiger partial charge in [0.15, 0.2) is 0 Å². The maximum Gasteiger partial charge on any atom is 0.0546 e. The molecular weight excluding hydrogens is 725 g/mol. The van der Waals surface area contributed by atoms with Gasteiger partial charge in [-0.25, -0.2) is 0 Å². The van der Waals surface area contributed by atoms with Crippen LogP contribution in [0.1, 0.15) is 0 Å². The molecule has 2 nitrogen and oxygen atoms in total. The van der Waals surface area contributed by atoms with Gasteiger partial charge in [-0.3, -0.25) is 0 Å². The van der Waals surface area contributed by atoms with E-state index in [1.54, 1.807) is 0 Å². The number of rotatable bonds is 8. The van der Waals surface area contributed by atoms with E-state index in [2.05, 4.69) is 252 Å². The molecule has 0 spiro atoms. The molecule has 0 bridgehead atoms. The molecule has 2 heteroatoms. The molecule has 0 aliphatic rings. The third-order valence-corrected chi connectivity index (χ3v) is 11.8. The van der Waals surface area contributed by atoms with Crippen molar-refractivity contribution in [2.24, 2.45) is 0 Å². The third-order valence-electron chi connectivity index (χ3n) is 11.8. The summed E-state index contributed by atoms with van der Waals surface area (Å²) in [6.45, 7) is 0. The van der Waals surface area contributed by atoms with Crippen LogP contribution in [-0.2, 0) is 0 Å². The van der Waals surface area contributed by atoms with E-state index in [4.69, 9.17) is 0 Å². The van der Waals surface area contributed by atoms with Gasteiger partial charge in [-0.1, -0.05) is 188 Å². The van der Waals surface area contributed by atoms with Gasteiger partial charge in [0, 0.05) is 33.4 Å². The summed E-state index contributed by atoms with van der Waals surface area (Å²) < 4.78 is 2.45. The van der Waals surface area contributed by atoms with Crippen LogP contribution in [0.2, 0.25) is 0 Å². The van der Waals surface area contributed by atoms with Crippen LogP contribution in [0.4, 0.5) is 17.1 Å². The van der Waals surface area contributed by atoms with Crippen molar-refractivity contribution in [3.63, 3.8) is 0 Å². The normalized spacial score (nSPS) is 11.3. The van der Waals surface area contributed by atoms with Gasteiger partial charge in [-0.2, -0.15) is 0 Å². The molecule has 0 aliphatic carbocycles. The summed E-state index contributed by atoms with van der Waals surface area (Å²) in [5.74, 6) is 0. The first-order chi connectivity index (χ1) is 29.8. The van der Waals surface area contributed by atoms with Crippen molar-refractivity contribution in [3.05, 3.63) is 243 Å². The van der Waals surface area contributed by atoms with Crippen LogP contribution < -0.4 is 4.90 Å². The zero-order valence-electron chi connectivity index (χ0n) is 33.0. The Morgan fingerprint density at radius 2 is 0.700 bits per heavy atom. The van der Waals surface area contributed by atoms with Crippen LogP contribution in [0, 0.1) is 0 Å². The van der Waals surface area contributed by atoms with Gasteiger partial charge >= 0.3 is 0 Å². The van der Waals surface area contributed by atoms with E-state index in [0.29, 0.717) is 0 Å². The summed E-state index contributed by atoms with van der Waals surface area (Å²) in [5.41, 5.74) is 16.4. The highest BCUT2D eigenvalue weighted by molar-refractivity contribution is 6.10. The van der Waals surface area contributed by atoms with Gasteiger partial charge < -0.3 is 9.47 Å². The first-order valence-electron chi connectivity index (χ1n) is 20.6. The van der Waals surface area contributed by atoms with Gasteiger partial charge in [-0.05, 0) is 104 Å². The van der Waals surface area contributed by atoms with E-state index < -0.39 is 0 Å². The van der Waals surface area contributed by atoms with Gasteiger partial charge in [0.2, 0.25) is 0 Å². The Morgan fingerprint density at radius 1 is 0.267 bits per heavy atom. The molecule has 1 heterocycles. The lowest BCUT2D eigenvalue weighted by molar-refractivity contribution is 1.18. The summed E-state index contributed by atoms with van der Waals surface area (Å²) in [6.07, 6.45) is 0. The number of aromatic nitrogens is 1. The molecule has 0 amide bonds. The topological polar surface area (TPSA) is 8.17 Å². The van der Waals surface area contributed by atoms with Gasteiger partial charge in [0.05, 0.1) is 16.7 Å². The molecule has 0 fully saturated rings. The minimum Gasteiger partial charge on any atom is -0.311 e. The second-order valence-corrected chi connectivity index (χ2v) is 15.3. The van der Waals surface area contributed by atoms with E-state index in [0.717, 1.165) is 28.3 Å². The van der Waals surface area contributed by atoms with Gasteiger partial charge in [-0.15, -0.1) is 0 Å². The maximum absolute atomic E-state index is 2.45. The number of hydrogen-bond donors (Lipinski definition) is 0. The molecule has 0 unspecified atom stereocenters. The highest BCUT2D eigenvalue weighted by atomic mass is 15.1. The summed E-state index contributed by atoms with van der Waals surface area (Å²) >= 11 is 0. The van der Waals surface area contributed by atoms with E-state index in [-0.39, 0.29) is 0 Å². The Labute approximate surface area is 350 Å². The summed E-state index contributed by atoms with van der Waals surface area (Å²) in [7, 11) is 0. The zero-order chi connectivity index (χ0) is 39.8. The summed E-state index contributed by atoms with van der Waals surface area (Å²) in [5, 5.41) is 5.01. The summed E-state index contributed by atoms with van der Waals surface area (Å²) in [6, 6.07) is 87.8. The molecule has 10 aromatic carbocycles. The van der Waals surface area contributed by atoms with Crippen molar-refractivity contribution >= 4 is 49.6 Å². The van der Waals surface area contributed by atoms with Crippen LogP contribution in [0.5, 0.6) is 0 Å². The Kier molecular flexibility index (Phi) is 8.87. The fraction of sp³-hybridized carbons (Fsp3) is 0. The Hall–Kier alpha value is -7.94. The number of anilines is 3. The fourth-order valence-electron chi connectivity index (χ4n) is 8.99. The second kappa shape index (κ2) is 15.1. The second-order valence-electron chi connectivity index (χ2n) is 15.3. The van der Waals surface area contributed by atoms with E-state index in [1.165, 1.54) is 71.5 Å². The smallest absolute Gasteiger partial charge is 0.0546 e. The van der Waals surface area contributed by atoms with Gasteiger partial charge in [0.25, 0.3) is 0 Å². The fourth-order valence-corrected chi connectivity index (χ4v) is 8.99. The standard InChI is InChI=1S/C58H40N2/c1-3-15-41(16-4-1)42-29-31-46(32-30-42)58-52(25-14-28-57(58)60-55-26-11-9-22-53(55)54-23-10-12-27-56(54)60)45-35-39-49(40-36-45)59(47-19-5-2-6-20-47)48-37-33-44(34-38-48)51-24-13-18-43-17-7-8-21-50(43)51/h1-40H. The number of hydrogen-bond acceptors (Lipinski definition) is 1. The first-order valence-corrected chi connectivity index (χ1v) is 20.6. The molecule has 11 aromatic rings. The average Bonchev–Trinajstić information content (AvgIpc) is 3.67. The van der Waals surface area contributed by atoms with E-state index in [9.17, 15) is 0 Å². The van der Waals surface area contributed by atoms with Gasteiger partial charge in [0.1, 0.15) is 0 Å². The number of benzene rings is 10. The van der Waals surface area contributed by atoms with Crippen LogP contribution in [0.3, 0.4) is 0 Å². The molecule has 0 aliphatic heterocycles. The largest absolute Gasteiger partial charge is 0.311 e. The minimum atomic E-state index is 1.09. The molecule has 0 N–H and O–H groups in total. The van der Waals surface area contributed by atoms with Crippen molar-refractivity contribution < 1.29 is 0 Å². The van der Waals surface area contributed by atoms with Crippen molar-refractivity contribution in [3.8, 4) is 50.2 Å². The third kappa shape index (κ3) is 6.23. The number of para-hydroxylation sites is 3. The lowest BCUT2D eigenvalue weighted by Gasteiger charge is -2.26. The lowest BCUT2D eigenvalue weighted by Crippen LogP contribution is -2.09. The Bertz CT molecular complexity index is 3210. The molecule has 1 aromatic heterocycles. The highest BCUT2D eigenvalue weighted by Crippen LogP contribution is 2.43. The molecule has 11 rings (SSSR count). The average molecular weight is 765 g/mol. The molecule has 0 saturated carbocycles.